The van der Waals surface area contributed by atoms with Crippen LogP contribution in [0.5, 0.6) is 5.75 Å². The highest BCUT2D eigenvalue weighted by molar-refractivity contribution is 5.98. The van der Waals surface area contributed by atoms with Crippen LogP contribution in [0.3, 0.4) is 0 Å². The van der Waals surface area contributed by atoms with Crippen molar-refractivity contribution in [2.75, 3.05) is 7.11 Å². The van der Waals surface area contributed by atoms with Gasteiger partial charge >= 0.3 is 5.97 Å². The molecule has 1 aliphatic heterocycles. The predicted octanol–water partition coefficient (Wildman–Crippen LogP) is 4.93. The van der Waals surface area contributed by atoms with Gasteiger partial charge in [0.25, 0.3) is 5.91 Å². The molecule has 0 saturated carbocycles. The fourth-order valence-corrected chi connectivity index (χ4v) is 4.22. The highest BCUT2D eigenvalue weighted by atomic mass is 19.1. The summed E-state index contributed by atoms with van der Waals surface area (Å²) >= 11 is 0. The number of methoxy groups -OCH3 is 1. The Morgan fingerprint density at radius 3 is 2.39 bits per heavy atom. The van der Waals surface area contributed by atoms with Gasteiger partial charge in [0, 0.05) is 16.7 Å². The number of carboxylic acids is 1. The fourth-order valence-electron chi connectivity index (χ4n) is 4.22. The maximum Gasteiger partial charge on any atom is 0.326 e. The quantitative estimate of drug-likeness (QED) is 0.637. The molecule has 1 amide bonds. The lowest BCUT2D eigenvalue weighted by Gasteiger charge is -2.29. The Morgan fingerprint density at radius 2 is 1.71 bits per heavy atom. The molecule has 5 nitrogen and oxygen atoms in total. The molecule has 3 aromatic carbocycles. The number of hydrogen-bond acceptors (Lipinski definition) is 3. The van der Waals surface area contributed by atoms with Crippen LogP contribution in [0.1, 0.15) is 34.8 Å². The lowest BCUT2D eigenvalue weighted by Crippen LogP contribution is -2.42. The lowest BCUT2D eigenvalue weighted by molar-refractivity contribution is -0.141. The molecule has 1 aliphatic rings. The Hall–Kier alpha value is -3.67. The van der Waals surface area contributed by atoms with Gasteiger partial charge in [0.05, 0.1) is 13.2 Å². The van der Waals surface area contributed by atoms with Gasteiger partial charge in [0.1, 0.15) is 17.6 Å². The minimum absolute atomic E-state index is 0.263. The first-order valence-electron chi connectivity index (χ1n) is 10.0. The van der Waals surface area contributed by atoms with Gasteiger partial charge in [-0.1, -0.05) is 48.5 Å². The van der Waals surface area contributed by atoms with E-state index >= 15 is 0 Å². The molecule has 0 aromatic heterocycles. The van der Waals surface area contributed by atoms with Crippen molar-refractivity contribution in [3.8, 4) is 16.9 Å². The Balaban J connectivity index is 1.73. The van der Waals surface area contributed by atoms with E-state index in [1.165, 1.54) is 18.1 Å². The van der Waals surface area contributed by atoms with E-state index in [9.17, 15) is 19.1 Å². The second kappa shape index (κ2) is 8.60. The molecule has 1 heterocycles. The third kappa shape index (κ3) is 3.89. The number of nitrogens with zero attached hydrogens (tertiary/aromatic N) is 1. The fraction of sp³-hybridized carbons (Fsp3) is 0.200. The molecule has 0 radical (unpaired) electrons. The Morgan fingerprint density at radius 1 is 1.00 bits per heavy atom. The first-order chi connectivity index (χ1) is 15.0. The van der Waals surface area contributed by atoms with E-state index in [1.807, 2.05) is 30.3 Å². The molecule has 3 aromatic rings. The normalized spacial score (nSPS) is 18.1. The second-order valence-corrected chi connectivity index (χ2v) is 7.46. The Bertz CT molecular complexity index is 1120. The number of ether oxygens (including phenoxy) is 1. The zero-order valence-corrected chi connectivity index (χ0v) is 17.0. The van der Waals surface area contributed by atoms with Crippen LogP contribution in [0.25, 0.3) is 11.1 Å². The topological polar surface area (TPSA) is 66.8 Å². The number of benzene rings is 3. The highest BCUT2D eigenvalue weighted by Gasteiger charge is 2.42. The first-order valence-corrected chi connectivity index (χ1v) is 10.0. The van der Waals surface area contributed by atoms with E-state index in [1.54, 1.807) is 36.4 Å². The first kappa shape index (κ1) is 20.6. The molecule has 0 bridgehead atoms. The largest absolute Gasteiger partial charge is 0.496 e. The maximum absolute atomic E-state index is 14.5. The molecule has 158 valence electrons. The summed E-state index contributed by atoms with van der Waals surface area (Å²) in [5, 5.41) is 9.69. The van der Waals surface area contributed by atoms with Crippen LogP contribution < -0.4 is 4.74 Å². The zero-order chi connectivity index (χ0) is 22.0. The number of amides is 1. The van der Waals surface area contributed by atoms with Gasteiger partial charge in [-0.3, -0.25) is 4.79 Å². The van der Waals surface area contributed by atoms with Crippen molar-refractivity contribution in [2.45, 2.75) is 24.9 Å². The Kier molecular flexibility index (Phi) is 5.71. The van der Waals surface area contributed by atoms with Crippen LogP contribution >= 0.6 is 0 Å². The minimum atomic E-state index is -1.10. The molecule has 4 rings (SSSR count). The molecule has 31 heavy (non-hydrogen) atoms. The predicted molar refractivity (Wildman–Crippen MR) is 114 cm³/mol. The average Bonchev–Trinajstić information content (AvgIpc) is 3.24. The van der Waals surface area contributed by atoms with Crippen LogP contribution in [-0.4, -0.2) is 35.0 Å². The summed E-state index contributed by atoms with van der Waals surface area (Å²) in [7, 11) is 1.52. The van der Waals surface area contributed by atoms with Gasteiger partial charge in [-0.05, 0) is 42.7 Å². The Labute approximate surface area is 179 Å². The van der Waals surface area contributed by atoms with Crippen LogP contribution in [0.15, 0.2) is 72.8 Å². The van der Waals surface area contributed by atoms with Gasteiger partial charge < -0.3 is 14.7 Å². The van der Waals surface area contributed by atoms with Crippen molar-refractivity contribution >= 4 is 11.9 Å². The number of aliphatic carboxylic acids is 1. The number of hydrogen-bond donors (Lipinski definition) is 1. The standard InChI is InChI=1S/C25H22FNO4/c1-31-23-15-17(11-12-18(23)16-7-3-2-4-8-16)24(28)27-21(13-14-22(27)25(29)30)19-9-5-6-10-20(19)26/h2-12,15,21-22H,13-14H2,1H3,(H,29,30)/t21-,22-/m1/s1. The molecule has 0 spiro atoms. The number of carbonyl (C=O) groups excluding carboxylic acids is 1. The lowest BCUT2D eigenvalue weighted by atomic mass is 10.0. The molecule has 2 atom stereocenters. The van der Waals surface area contributed by atoms with Crippen LogP contribution in [0.2, 0.25) is 0 Å². The van der Waals surface area contributed by atoms with Crippen LogP contribution in [0.4, 0.5) is 4.39 Å². The van der Waals surface area contributed by atoms with Gasteiger partial charge in [0.15, 0.2) is 0 Å². The second-order valence-electron chi connectivity index (χ2n) is 7.46. The summed E-state index contributed by atoms with van der Waals surface area (Å²) in [6.45, 7) is 0. The van der Waals surface area contributed by atoms with Gasteiger partial charge in [0.2, 0.25) is 0 Å². The number of likely N-dealkylation sites (tertiary alicyclic amines) is 1. The summed E-state index contributed by atoms with van der Waals surface area (Å²) in [5.41, 5.74) is 2.38. The number of carbonyl (C=O) groups is 2. The zero-order valence-electron chi connectivity index (χ0n) is 17.0. The van der Waals surface area contributed by atoms with E-state index in [4.69, 9.17) is 4.74 Å². The van der Waals surface area contributed by atoms with E-state index in [-0.39, 0.29) is 6.42 Å². The summed E-state index contributed by atoms with van der Waals surface area (Å²) < 4.78 is 20.0. The molecule has 0 unspecified atom stereocenters. The van der Waals surface area contributed by atoms with Crippen molar-refractivity contribution in [3.05, 3.63) is 89.7 Å². The molecule has 1 N–H and O–H groups in total. The number of rotatable bonds is 5. The summed E-state index contributed by atoms with van der Waals surface area (Å²) in [4.78, 5) is 26.6. The van der Waals surface area contributed by atoms with Crippen LogP contribution in [-0.2, 0) is 4.79 Å². The number of carboxylic acid groups (broad SMARTS) is 1. The van der Waals surface area contributed by atoms with E-state index in [0.717, 1.165) is 11.1 Å². The molecule has 1 fully saturated rings. The van der Waals surface area contributed by atoms with Crippen molar-refractivity contribution in [2.24, 2.45) is 0 Å². The molecular formula is C25H22FNO4. The maximum atomic E-state index is 14.5. The molecular weight excluding hydrogens is 397 g/mol. The highest BCUT2D eigenvalue weighted by Crippen LogP contribution is 2.39. The van der Waals surface area contributed by atoms with E-state index < -0.39 is 29.8 Å². The average molecular weight is 419 g/mol. The SMILES string of the molecule is COc1cc(C(=O)N2[C@@H](C(=O)O)CC[C@@H]2c2ccccc2F)ccc1-c1ccccc1. The summed E-state index contributed by atoms with van der Waals surface area (Å²) in [5.74, 6) is -1.50. The van der Waals surface area contributed by atoms with E-state index in [2.05, 4.69) is 0 Å². The van der Waals surface area contributed by atoms with E-state index in [0.29, 0.717) is 23.3 Å². The third-order valence-electron chi connectivity index (χ3n) is 5.70. The third-order valence-corrected chi connectivity index (χ3v) is 5.70. The molecule has 6 heteroatoms. The van der Waals surface area contributed by atoms with Gasteiger partial charge in [-0.15, -0.1) is 0 Å². The molecule has 0 aliphatic carbocycles. The van der Waals surface area contributed by atoms with Crippen molar-refractivity contribution in [1.82, 2.24) is 4.90 Å². The van der Waals surface area contributed by atoms with Crippen molar-refractivity contribution in [1.29, 1.82) is 0 Å². The van der Waals surface area contributed by atoms with Crippen molar-refractivity contribution in [3.63, 3.8) is 0 Å². The number of halogens is 1. The summed E-state index contributed by atoms with van der Waals surface area (Å²) in [6, 6.07) is 19.2. The van der Waals surface area contributed by atoms with Gasteiger partial charge in [-0.25, -0.2) is 9.18 Å². The summed E-state index contributed by atoms with van der Waals surface area (Å²) in [6.07, 6.45) is 0.641. The smallest absolute Gasteiger partial charge is 0.326 e. The van der Waals surface area contributed by atoms with Crippen molar-refractivity contribution < 1.29 is 23.8 Å². The molecule has 1 saturated heterocycles. The monoisotopic (exact) mass is 419 g/mol. The minimum Gasteiger partial charge on any atom is -0.496 e. The van der Waals surface area contributed by atoms with Gasteiger partial charge in [-0.2, -0.15) is 0 Å². The van der Waals surface area contributed by atoms with Crippen LogP contribution in [0, 0.1) is 5.82 Å².